The third-order valence-corrected chi connectivity index (χ3v) is 3.18. The lowest BCUT2D eigenvalue weighted by Crippen LogP contribution is -2.32. The molecule has 0 aromatic heterocycles. The van der Waals surface area contributed by atoms with Gasteiger partial charge in [0.1, 0.15) is 0 Å². The Labute approximate surface area is 130 Å². The van der Waals surface area contributed by atoms with Crippen LogP contribution in [0.4, 0.5) is 5.69 Å². The first-order chi connectivity index (χ1) is 10.1. The van der Waals surface area contributed by atoms with Crippen molar-refractivity contribution in [2.75, 3.05) is 44.4 Å². The van der Waals surface area contributed by atoms with Gasteiger partial charge in [-0.25, -0.2) is 4.79 Å². The summed E-state index contributed by atoms with van der Waals surface area (Å²) in [5.74, 6) is -0.995. The molecule has 0 radical (unpaired) electrons. The minimum absolute atomic E-state index is 0.190. The first-order valence-corrected chi connectivity index (χ1v) is 7.41. The number of ether oxygens (including phenoxy) is 2. The molecule has 0 saturated carbocycles. The van der Waals surface area contributed by atoms with Crippen LogP contribution < -0.4 is 4.90 Å². The molecule has 0 aliphatic heterocycles. The summed E-state index contributed by atoms with van der Waals surface area (Å²) in [7, 11) is 0. The van der Waals surface area contributed by atoms with Gasteiger partial charge >= 0.3 is 5.97 Å². The molecule has 0 spiro atoms. The summed E-state index contributed by atoms with van der Waals surface area (Å²) in [6.45, 7) is 7.38. The first-order valence-electron chi connectivity index (χ1n) is 7.03. The van der Waals surface area contributed by atoms with Gasteiger partial charge in [-0.1, -0.05) is 11.6 Å². The summed E-state index contributed by atoms with van der Waals surface area (Å²) < 4.78 is 10.7. The highest BCUT2D eigenvalue weighted by atomic mass is 35.5. The van der Waals surface area contributed by atoms with Gasteiger partial charge in [0.15, 0.2) is 0 Å². The Kier molecular flexibility index (Phi) is 8.12. The van der Waals surface area contributed by atoms with Gasteiger partial charge in [0.2, 0.25) is 0 Å². The fourth-order valence-electron chi connectivity index (χ4n) is 1.95. The number of anilines is 1. The van der Waals surface area contributed by atoms with Crippen LogP contribution in [0.5, 0.6) is 0 Å². The molecule has 0 unspecified atom stereocenters. The smallest absolute Gasteiger partial charge is 0.337 e. The number of carboxylic acid groups (broad SMARTS) is 1. The summed E-state index contributed by atoms with van der Waals surface area (Å²) in [5, 5.41) is 9.74. The van der Waals surface area contributed by atoms with E-state index in [1.807, 2.05) is 18.7 Å². The summed E-state index contributed by atoms with van der Waals surface area (Å²) in [5.41, 5.74) is 0.821. The van der Waals surface area contributed by atoms with E-state index in [4.69, 9.17) is 21.1 Å². The van der Waals surface area contributed by atoms with Crippen LogP contribution in [0.25, 0.3) is 0 Å². The maximum atomic E-state index is 11.4. The van der Waals surface area contributed by atoms with E-state index in [9.17, 15) is 9.90 Å². The lowest BCUT2D eigenvalue weighted by molar-refractivity contribution is 0.0697. The van der Waals surface area contributed by atoms with Gasteiger partial charge in [0, 0.05) is 31.3 Å². The second-order valence-corrected chi connectivity index (χ2v) is 4.78. The predicted octanol–water partition coefficient (Wildman–Crippen LogP) is 2.92. The summed E-state index contributed by atoms with van der Waals surface area (Å²) in [6.07, 6.45) is 0. The topological polar surface area (TPSA) is 59.0 Å². The molecule has 1 N–H and O–H groups in total. The molecule has 0 amide bonds. The van der Waals surface area contributed by atoms with E-state index in [1.165, 1.54) is 6.07 Å². The van der Waals surface area contributed by atoms with Crippen LogP contribution in [0.3, 0.4) is 0 Å². The van der Waals surface area contributed by atoms with E-state index in [2.05, 4.69) is 0 Å². The molecule has 6 heteroatoms. The van der Waals surface area contributed by atoms with Crippen molar-refractivity contribution in [2.45, 2.75) is 13.8 Å². The number of hydrogen-bond acceptors (Lipinski definition) is 4. The maximum Gasteiger partial charge on any atom is 0.337 e. The van der Waals surface area contributed by atoms with Crippen molar-refractivity contribution < 1.29 is 19.4 Å². The molecule has 5 nitrogen and oxygen atoms in total. The van der Waals surface area contributed by atoms with Gasteiger partial charge < -0.3 is 19.5 Å². The fraction of sp³-hybridized carbons (Fsp3) is 0.533. The van der Waals surface area contributed by atoms with Crippen LogP contribution in [0, 0.1) is 0 Å². The summed E-state index contributed by atoms with van der Waals surface area (Å²) in [4.78, 5) is 13.3. The quantitative estimate of drug-likeness (QED) is 0.673. The molecule has 118 valence electrons. The highest BCUT2D eigenvalue weighted by Gasteiger charge is 2.16. The molecule has 0 aliphatic rings. The van der Waals surface area contributed by atoms with Crippen molar-refractivity contribution in [3.63, 3.8) is 0 Å². The van der Waals surface area contributed by atoms with Crippen LogP contribution >= 0.6 is 11.6 Å². The second kappa shape index (κ2) is 9.60. The molecule has 0 saturated heterocycles. The normalized spacial score (nSPS) is 10.6. The van der Waals surface area contributed by atoms with Crippen LogP contribution in [0.2, 0.25) is 5.02 Å². The molecule has 0 heterocycles. The van der Waals surface area contributed by atoms with E-state index in [0.29, 0.717) is 50.2 Å². The van der Waals surface area contributed by atoms with E-state index in [-0.39, 0.29) is 5.56 Å². The number of rotatable bonds is 10. The molecule has 21 heavy (non-hydrogen) atoms. The van der Waals surface area contributed by atoms with Crippen molar-refractivity contribution in [3.05, 3.63) is 28.8 Å². The number of aromatic carboxylic acids is 1. The lowest BCUT2D eigenvalue weighted by atomic mass is 10.1. The third kappa shape index (κ3) is 5.91. The Morgan fingerprint density at radius 2 is 1.76 bits per heavy atom. The van der Waals surface area contributed by atoms with E-state index >= 15 is 0 Å². The van der Waals surface area contributed by atoms with Crippen molar-refractivity contribution in [3.8, 4) is 0 Å². The fourth-order valence-corrected chi connectivity index (χ4v) is 2.12. The monoisotopic (exact) mass is 315 g/mol. The van der Waals surface area contributed by atoms with Gasteiger partial charge in [-0.2, -0.15) is 0 Å². The minimum Gasteiger partial charge on any atom is -0.478 e. The molecular formula is C15H22ClNO4. The Balaban J connectivity index is 2.91. The van der Waals surface area contributed by atoms with Crippen LogP contribution in [0.15, 0.2) is 18.2 Å². The molecule has 0 bridgehead atoms. The van der Waals surface area contributed by atoms with Gasteiger partial charge in [-0.15, -0.1) is 0 Å². The number of carboxylic acids is 1. The van der Waals surface area contributed by atoms with Gasteiger partial charge in [-0.3, -0.25) is 0 Å². The van der Waals surface area contributed by atoms with Crippen LogP contribution in [0.1, 0.15) is 24.2 Å². The second-order valence-electron chi connectivity index (χ2n) is 4.35. The first kappa shape index (κ1) is 17.8. The minimum atomic E-state index is -0.995. The number of carbonyl (C=O) groups is 1. The average molecular weight is 316 g/mol. The number of halogens is 1. The molecule has 0 fully saturated rings. The molecular weight excluding hydrogens is 294 g/mol. The molecule has 1 aromatic rings. The molecule has 0 atom stereocenters. The Morgan fingerprint density at radius 3 is 2.24 bits per heavy atom. The predicted molar refractivity (Wildman–Crippen MR) is 83.6 cm³/mol. The zero-order valence-corrected chi connectivity index (χ0v) is 13.2. The highest BCUT2D eigenvalue weighted by molar-refractivity contribution is 6.31. The summed E-state index contributed by atoms with van der Waals surface area (Å²) in [6, 6.07) is 4.88. The SMILES string of the molecule is CCOCCN(CCOCC)c1ccc(Cl)cc1C(=O)O. The summed E-state index contributed by atoms with van der Waals surface area (Å²) >= 11 is 5.89. The number of benzene rings is 1. The Morgan fingerprint density at radius 1 is 1.19 bits per heavy atom. The number of hydrogen-bond donors (Lipinski definition) is 1. The van der Waals surface area contributed by atoms with Crippen molar-refractivity contribution in [2.24, 2.45) is 0 Å². The van der Waals surface area contributed by atoms with Gasteiger partial charge in [0.25, 0.3) is 0 Å². The van der Waals surface area contributed by atoms with Gasteiger partial charge in [-0.05, 0) is 32.0 Å². The molecule has 0 aliphatic carbocycles. The highest BCUT2D eigenvalue weighted by Crippen LogP contribution is 2.24. The van der Waals surface area contributed by atoms with E-state index in [1.54, 1.807) is 12.1 Å². The van der Waals surface area contributed by atoms with Crippen molar-refractivity contribution >= 4 is 23.3 Å². The van der Waals surface area contributed by atoms with E-state index in [0.717, 1.165) is 0 Å². The zero-order valence-electron chi connectivity index (χ0n) is 12.5. The zero-order chi connectivity index (χ0) is 15.7. The van der Waals surface area contributed by atoms with Gasteiger partial charge in [0.05, 0.1) is 24.5 Å². The van der Waals surface area contributed by atoms with E-state index < -0.39 is 5.97 Å². The lowest BCUT2D eigenvalue weighted by Gasteiger charge is -2.26. The molecule has 1 aromatic carbocycles. The largest absolute Gasteiger partial charge is 0.478 e. The Hall–Kier alpha value is -1.30. The third-order valence-electron chi connectivity index (χ3n) is 2.95. The van der Waals surface area contributed by atoms with Crippen LogP contribution in [-0.4, -0.2) is 50.6 Å². The van der Waals surface area contributed by atoms with Crippen molar-refractivity contribution in [1.82, 2.24) is 0 Å². The number of nitrogens with zero attached hydrogens (tertiary/aromatic N) is 1. The Bertz CT molecular complexity index is 443. The van der Waals surface area contributed by atoms with Crippen molar-refractivity contribution in [1.29, 1.82) is 0 Å². The molecule has 1 rings (SSSR count). The maximum absolute atomic E-state index is 11.4. The standard InChI is InChI=1S/C15H22ClNO4/c1-3-20-9-7-17(8-10-21-4-2)14-6-5-12(16)11-13(14)15(18)19/h5-6,11H,3-4,7-10H2,1-2H3,(H,18,19). The average Bonchev–Trinajstić information content (AvgIpc) is 2.46. The van der Waals surface area contributed by atoms with Crippen LogP contribution in [-0.2, 0) is 9.47 Å².